The number of carbonyl (C=O) groups is 1. The molecule has 1 aliphatic rings. The minimum Gasteiger partial charge on any atom is -0.504 e. The molecule has 0 aliphatic heterocycles. The van der Waals surface area contributed by atoms with Gasteiger partial charge >= 0.3 is 0 Å². The number of carbonyl (C=O) groups excluding carboxylic acids is 1. The van der Waals surface area contributed by atoms with Gasteiger partial charge in [0, 0.05) is 7.05 Å². The summed E-state index contributed by atoms with van der Waals surface area (Å²) < 4.78 is 0. The molecule has 0 aromatic rings. The molecule has 4 heteroatoms. The molecular formula is C8H10N2O2. The molecule has 0 amide bonds. The van der Waals surface area contributed by atoms with Crippen molar-refractivity contribution in [2.45, 2.75) is 0 Å². The molecule has 1 aliphatic carbocycles. The summed E-state index contributed by atoms with van der Waals surface area (Å²) in [4.78, 5) is 11.2. The Morgan fingerprint density at radius 2 is 2.17 bits per heavy atom. The van der Waals surface area contributed by atoms with Gasteiger partial charge in [0.1, 0.15) is 5.70 Å². The Bertz CT molecular complexity index is 300. The fourth-order valence-corrected chi connectivity index (χ4v) is 0.917. The highest BCUT2D eigenvalue weighted by Crippen LogP contribution is 2.16. The number of nitrogens with two attached hydrogens (primary N) is 1. The van der Waals surface area contributed by atoms with Crippen LogP contribution in [0.4, 0.5) is 0 Å². The molecule has 0 bridgehead atoms. The number of hydrogen-bond acceptors (Lipinski definition) is 4. The Morgan fingerprint density at radius 1 is 1.58 bits per heavy atom. The van der Waals surface area contributed by atoms with Gasteiger partial charge in [-0.15, -0.1) is 0 Å². The Morgan fingerprint density at radius 3 is 2.67 bits per heavy atom. The van der Waals surface area contributed by atoms with Gasteiger partial charge in [-0.3, -0.25) is 4.79 Å². The standard InChI is InChI=1S/C8H10N2O2/c1-5-3-6(10(2)9)8(12)7(11)4-5/h3-4,11H,1,9H2,2H3. The van der Waals surface area contributed by atoms with E-state index in [2.05, 4.69) is 6.58 Å². The predicted molar refractivity (Wildman–Crippen MR) is 44.9 cm³/mol. The minimum absolute atomic E-state index is 0.236. The van der Waals surface area contributed by atoms with Crippen LogP contribution in [-0.2, 0) is 4.79 Å². The largest absolute Gasteiger partial charge is 0.504 e. The number of rotatable bonds is 1. The zero-order valence-corrected chi connectivity index (χ0v) is 6.74. The van der Waals surface area contributed by atoms with Crippen LogP contribution < -0.4 is 5.84 Å². The van der Waals surface area contributed by atoms with Gasteiger partial charge in [-0.2, -0.15) is 0 Å². The van der Waals surface area contributed by atoms with E-state index in [1.807, 2.05) is 0 Å². The molecule has 0 spiro atoms. The van der Waals surface area contributed by atoms with Gasteiger partial charge < -0.3 is 10.1 Å². The molecule has 12 heavy (non-hydrogen) atoms. The molecule has 64 valence electrons. The maximum atomic E-state index is 11.2. The first-order chi connectivity index (χ1) is 5.52. The quantitative estimate of drug-likeness (QED) is 0.433. The Hall–Kier alpha value is -1.55. The zero-order valence-electron chi connectivity index (χ0n) is 6.74. The summed E-state index contributed by atoms with van der Waals surface area (Å²) in [5.41, 5.74) is 0.791. The highest BCUT2D eigenvalue weighted by molar-refractivity contribution is 6.07. The van der Waals surface area contributed by atoms with Gasteiger partial charge in [0.25, 0.3) is 0 Å². The zero-order chi connectivity index (χ0) is 9.30. The molecule has 0 radical (unpaired) electrons. The SMILES string of the molecule is C=C1C=C(O)C(=O)C(N(C)N)=C1. The molecule has 0 saturated carbocycles. The van der Waals surface area contributed by atoms with Crippen molar-refractivity contribution >= 4 is 5.78 Å². The second-order valence-corrected chi connectivity index (χ2v) is 2.57. The smallest absolute Gasteiger partial charge is 0.244 e. The first kappa shape index (κ1) is 8.55. The van der Waals surface area contributed by atoms with Crippen molar-refractivity contribution in [3.05, 3.63) is 35.8 Å². The van der Waals surface area contributed by atoms with Crippen molar-refractivity contribution in [2.24, 2.45) is 5.84 Å². The van der Waals surface area contributed by atoms with Crippen molar-refractivity contribution in [1.29, 1.82) is 0 Å². The minimum atomic E-state index is -0.479. The molecule has 4 nitrogen and oxygen atoms in total. The number of ketones is 1. The molecule has 0 unspecified atom stereocenters. The Kier molecular flexibility index (Phi) is 2.01. The van der Waals surface area contributed by atoms with Crippen molar-refractivity contribution in [1.82, 2.24) is 5.01 Å². The Labute approximate surface area is 70.2 Å². The van der Waals surface area contributed by atoms with Crippen LogP contribution in [0.5, 0.6) is 0 Å². The van der Waals surface area contributed by atoms with E-state index in [0.29, 0.717) is 5.57 Å². The van der Waals surface area contributed by atoms with Crippen LogP contribution in [-0.4, -0.2) is 22.9 Å². The maximum absolute atomic E-state index is 11.2. The molecule has 0 aromatic carbocycles. The van der Waals surface area contributed by atoms with E-state index in [4.69, 9.17) is 10.9 Å². The number of nitrogens with zero attached hydrogens (tertiary/aromatic N) is 1. The van der Waals surface area contributed by atoms with Gasteiger partial charge in [-0.1, -0.05) is 6.58 Å². The maximum Gasteiger partial charge on any atom is 0.244 e. The highest BCUT2D eigenvalue weighted by atomic mass is 16.3. The van der Waals surface area contributed by atoms with Crippen molar-refractivity contribution < 1.29 is 9.90 Å². The van der Waals surface area contributed by atoms with Gasteiger partial charge in [0.2, 0.25) is 5.78 Å². The Balaban J connectivity index is 3.04. The van der Waals surface area contributed by atoms with E-state index in [1.54, 1.807) is 0 Å². The van der Waals surface area contributed by atoms with Gasteiger partial charge in [-0.25, -0.2) is 5.84 Å². The summed E-state index contributed by atoms with van der Waals surface area (Å²) in [5, 5.41) is 10.2. The predicted octanol–water partition coefficient (Wildman–Crippen LogP) is 0.257. The summed E-state index contributed by atoms with van der Waals surface area (Å²) in [6, 6.07) is 0. The molecule has 1 rings (SSSR count). The molecule has 0 fully saturated rings. The van der Waals surface area contributed by atoms with Gasteiger partial charge in [-0.05, 0) is 17.7 Å². The van der Waals surface area contributed by atoms with Crippen LogP contribution in [0.25, 0.3) is 0 Å². The van der Waals surface area contributed by atoms with E-state index in [1.165, 1.54) is 19.2 Å². The van der Waals surface area contributed by atoms with Crippen molar-refractivity contribution in [2.75, 3.05) is 7.05 Å². The fourth-order valence-electron chi connectivity index (χ4n) is 0.917. The number of likely N-dealkylation sites (N-methyl/N-ethyl adjacent to an activating group) is 1. The van der Waals surface area contributed by atoms with Gasteiger partial charge in [0.05, 0.1) is 0 Å². The molecule has 0 heterocycles. The summed E-state index contributed by atoms with van der Waals surface area (Å²) in [6.45, 7) is 3.58. The number of aliphatic hydroxyl groups is 1. The fraction of sp³-hybridized carbons (Fsp3) is 0.125. The van der Waals surface area contributed by atoms with Crippen LogP contribution in [0.15, 0.2) is 35.8 Å². The second-order valence-electron chi connectivity index (χ2n) is 2.57. The summed E-state index contributed by atoms with van der Waals surface area (Å²) in [6.07, 6.45) is 2.82. The van der Waals surface area contributed by atoms with Gasteiger partial charge in [0.15, 0.2) is 5.76 Å². The summed E-state index contributed by atoms with van der Waals surface area (Å²) in [7, 11) is 1.52. The van der Waals surface area contributed by atoms with E-state index < -0.39 is 5.78 Å². The third kappa shape index (κ3) is 1.38. The number of hydrogen-bond donors (Lipinski definition) is 2. The molecule has 0 saturated heterocycles. The number of hydrazine groups is 1. The molecule has 0 aromatic heterocycles. The summed E-state index contributed by atoms with van der Waals surface area (Å²) in [5.74, 6) is 4.54. The van der Waals surface area contributed by atoms with E-state index in [0.717, 1.165) is 5.01 Å². The lowest BCUT2D eigenvalue weighted by molar-refractivity contribution is -0.116. The van der Waals surface area contributed by atoms with E-state index in [9.17, 15) is 4.79 Å². The molecular weight excluding hydrogens is 156 g/mol. The highest BCUT2D eigenvalue weighted by Gasteiger charge is 2.20. The normalized spacial score (nSPS) is 17.2. The average molecular weight is 166 g/mol. The third-order valence-corrected chi connectivity index (χ3v) is 1.49. The van der Waals surface area contributed by atoms with Crippen LogP contribution in [0.2, 0.25) is 0 Å². The molecule has 0 atom stereocenters. The lowest BCUT2D eigenvalue weighted by Crippen LogP contribution is -2.31. The van der Waals surface area contributed by atoms with Crippen LogP contribution in [0.3, 0.4) is 0 Å². The number of Topliss-reactive ketones (excluding diaryl/α,β-unsaturated/α-hetero) is 1. The molecule has 3 N–H and O–H groups in total. The average Bonchev–Trinajstić information content (AvgIpc) is 1.96. The first-order valence-electron chi connectivity index (χ1n) is 3.37. The van der Waals surface area contributed by atoms with Crippen LogP contribution in [0.1, 0.15) is 0 Å². The van der Waals surface area contributed by atoms with E-state index >= 15 is 0 Å². The first-order valence-corrected chi connectivity index (χ1v) is 3.37. The lowest BCUT2D eigenvalue weighted by atomic mass is 10.1. The monoisotopic (exact) mass is 166 g/mol. The van der Waals surface area contributed by atoms with E-state index in [-0.39, 0.29) is 11.5 Å². The van der Waals surface area contributed by atoms with Crippen molar-refractivity contribution in [3.8, 4) is 0 Å². The number of allylic oxidation sites excluding steroid dienone is 3. The second kappa shape index (κ2) is 2.83. The topological polar surface area (TPSA) is 66.6 Å². The number of aliphatic hydroxyl groups excluding tert-OH is 1. The third-order valence-electron chi connectivity index (χ3n) is 1.49. The van der Waals surface area contributed by atoms with Crippen LogP contribution >= 0.6 is 0 Å². The van der Waals surface area contributed by atoms with Crippen LogP contribution in [0, 0.1) is 0 Å². The summed E-state index contributed by atoms with van der Waals surface area (Å²) >= 11 is 0. The lowest BCUT2D eigenvalue weighted by Gasteiger charge is -2.17. The van der Waals surface area contributed by atoms with Crippen molar-refractivity contribution in [3.63, 3.8) is 0 Å².